The minimum Gasteiger partial charge on any atom is -0.477 e. The average molecular weight is 175 g/mol. The summed E-state index contributed by atoms with van der Waals surface area (Å²) in [6.45, 7) is 0. The second kappa shape index (κ2) is 3.03. The van der Waals surface area contributed by atoms with Crippen LogP contribution >= 0.6 is 24.2 Å². The number of carbonyl (C=O) groups is 1. The Labute approximate surface area is 67.3 Å². The Morgan fingerprint density at radius 2 is 2.60 bits per heavy atom. The van der Waals surface area contributed by atoms with Crippen molar-refractivity contribution in [2.24, 2.45) is 0 Å². The van der Waals surface area contributed by atoms with Crippen LogP contribution in [-0.2, 0) is 5.75 Å². The Morgan fingerprint density at radius 3 is 2.90 bits per heavy atom. The molecule has 0 spiro atoms. The van der Waals surface area contributed by atoms with Crippen molar-refractivity contribution in [1.29, 1.82) is 0 Å². The Hall–Kier alpha value is -0.550. The fraction of sp³-hybridized carbons (Fsp3) is 0.200. The third-order valence-corrected chi connectivity index (χ3v) is 2.07. The van der Waals surface area contributed by atoms with Crippen molar-refractivity contribution in [3.05, 3.63) is 16.6 Å². The van der Waals surface area contributed by atoms with Gasteiger partial charge in [-0.15, -0.1) is 0 Å². The number of hydrogen-bond acceptors (Lipinski definition) is 4. The van der Waals surface area contributed by atoms with Crippen LogP contribution in [0.2, 0.25) is 0 Å². The molecule has 0 amide bonds. The van der Waals surface area contributed by atoms with Crippen LogP contribution in [0.4, 0.5) is 0 Å². The standard InChI is InChI=1S/C5H5NO2S2/c7-5(8)4-1-3(2-9)6-10-4/h1,9H,2H2,(H,7,8). The van der Waals surface area contributed by atoms with Crippen LogP contribution in [0.25, 0.3) is 0 Å². The Kier molecular flexibility index (Phi) is 2.29. The molecule has 0 fully saturated rings. The van der Waals surface area contributed by atoms with Crippen LogP contribution in [0.15, 0.2) is 6.07 Å². The molecule has 54 valence electrons. The summed E-state index contributed by atoms with van der Waals surface area (Å²) >= 11 is 4.93. The maximum absolute atomic E-state index is 10.3. The van der Waals surface area contributed by atoms with E-state index in [0.717, 1.165) is 11.5 Å². The number of nitrogens with zero attached hydrogens (tertiary/aromatic N) is 1. The molecule has 5 heteroatoms. The fourth-order valence-corrected chi connectivity index (χ4v) is 1.34. The molecule has 1 aromatic rings. The smallest absolute Gasteiger partial charge is 0.347 e. The Bertz CT molecular complexity index is 246. The highest BCUT2D eigenvalue weighted by Crippen LogP contribution is 2.10. The first-order valence-corrected chi connectivity index (χ1v) is 3.94. The second-order valence-electron chi connectivity index (χ2n) is 1.65. The quantitative estimate of drug-likeness (QED) is 0.665. The van der Waals surface area contributed by atoms with Gasteiger partial charge in [-0.05, 0) is 17.6 Å². The molecule has 0 aliphatic heterocycles. The van der Waals surface area contributed by atoms with Gasteiger partial charge in [-0.1, -0.05) is 0 Å². The number of rotatable bonds is 2. The molecule has 0 aliphatic carbocycles. The van der Waals surface area contributed by atoms with Gasteiger partial charge in [0.1, 0.15) is 4.88 Å². The number of aromatic carboxylic acids is 1. The predicted molar refractivity (Wildman–Crippen MR) is 41.8 cm³/mol. The molecule has 0 saturated heterocycles. The molecule has 1 heterocycles. The highest BCUT2D eigenvalue weighted by Gasteiger charge is 2.06. The molecule has 10 heavy (non-hydrogen) atoms. The van der Waals surface area contributed by atoms with E-state index in [4.69, 9.17) is 5.11 Å². The highest BCUT2D eigenvalue weighted by atomic mass is 32.1. The number of hydrogen-bond donors (Lipinski definition) is 2. The fourth-order valence-electron chi connectivity index (χ4n) is 0.487. The zero-order chi connectivity index (χ0) is 7.56. The van der Waals surface area contributed by atoms with E-state index in [1.54, 1.807) is 0 Å². The summed E-state index contributed by atoms with van der Waals surface area (Å²) in [6.07, 6.45) is 0. The average Bonchev–Trinajstić information content (AvgIpc) is 2.34. The largest absolute Gasteiger partial charge is 0.477 e. The van der Waals surface area contributed by atoms with Crippen LogP contribution < -0.4 is 0 Å². The van der Waals surface area contributed by atoms with Gasteiger partial charge in [-0.2, -0.15) is 17.0 Å². The number of carboxylic acid groups (broad SMARTS) is 1. The normalized spacial score (nSPS) is 9.70. The zero-order valence-electron chi connectivity index (χ0n) is 4.94. The van der Waals surface area contributed by atoms with E-state index in [9.17, 15) is 4.79 Å². The van der Waals surface area contributed by atoms with Gasteiger partial charge in [-0.3, -0.25) is 0 Å². The molecule has 0 aliphatic rings. The monoisotopic (exact) mass is 175 g/mol. The maximum Gasteiger partial charge on any atom is 0.347 e. The Morgan fingerprint density at radius 1 is 1.90 bits per heavy atom. The predicted octanol–water partition coefficient (Wildman–Crippen LogP) is 1.27. The van der Waals surface area contributed by atoms with Crippen LogP contribution in [0.5, 0.6) is 0 Å². The van der Waals surface area contributed by atoms with Gasteiger partial charge in [0.2, 0.25) is 0 Å². The first-order chi connectivity index (χ1) is 4.74. The third kappa shape index (κ3) is 1.48. The lowest BCUT2D eigenvalue weighted by Crippen LogP contribution is -1.90. The first kappa shape index (κ1) is 7.56. The van der Waals surface area contributed by atoms with Gasteiger partial charge < -0.3 is 5.11 Å². The molecule has 0 bridgehead atoms. The molecule has 0 radical (unpaired) electrons. The topological polar surface area (TPSA) is 50.2 Å². The lowest BCUT2D eigenvalue weighted by atomic mass is 10.4. The van der Waals surface area contributed by atoms with Crippen molar-refractivity contribution in [2.45, 2.75) is 5.75 Å². The van der Waals surface area contributed by atoms with E-state index in [0.29, 0.717) is 11.4 Å². The molecular weight excluding hydrogens is 170 g/mol. The van der Waals surface area contributed by atoms with E-state index >= 15 is 0 Å². The van der Waals surface area contributed by atoms with Crippen molar-refractivity contribution in [1.82, 2.24) is 4.37 Å². The Balaban J connectivity index is 2.88. The van der Waals surface area contributed by atoms with Crippen LogP contribution in [0, 0.1) is 0 Å². The van der Waals surface area contributed by atoms with E-state index in [1.807, 2.05) is 0 Å². The minimum absolute atomic E-state index is 0.268. The number of carboxylic acids is 1. The van der Waals surface area contributed by atoms with Gasteiger partial charge in [0.25, 0.3) is 0 Å². The first-order valence-electron chi connectivity index (χ1n) is 2.54. The maximum atomic E-state index is 10.3. The lowest BCUT2D eigenvalue weighted by Gasteiger charge is -1.80. The molecule has 0 aromatic carbocycles. The molecule has 0 unspecified atom stereocenters. The second-order valence-corrected chi connectivity index (χ2v) is 2.77. The summed E-state index contributed by atoms with van der Waals surface area (Å²) in [6, 6.07) is 1.53. The van der Waals surface area contributed by atoms with Crippen molar-refractivity contribution in [3.8, 4) is 0 Å². The minimum atomic E-state index is -0.925. The SMILES string of the molecule is O=C(O)c1cc(CS)ns1. The molecule has 1 N–H and O–H groups in total. The van der Waals surface area contributed by atoms with Crippen molar-refractivity contribution >= 4 is 30.1 Å². The van der Waals surface area contributed by atoms with Gasteiger partial charge in [0, 0.05) is 5.75 Å². The van der Waals surface area contributed by atoms with E-state index in [1.165, 1.54) is 6.07 Å². The molecule has 0 saturated carbocycles. The van der Waals surface area contributed by atoms with Crippen molar-refractivity contribution < 1.29 is 9.90 Å². The van der Waals surface area contributed by atoms with Gasteiger partial charge >= 0.3 is 5.97 Å². The van der Waals surface area contributed by atoms with Crippen molar-refractivity contribution in [3.63, 3.8) is 0 Å². The summed E-state index contributed by atoms with van der Waals surface area (Å²) in [5.74, 6) is -0.436. The van der Waals surface area contributed by atoms with Crippen LogP contribution in [0.3, 0.4) is 0 Å². The van der Waals surface area contributed by atoms with E-state index in [-0.39, 0.29) is 4.88 Å². The van der Waals surface area contributed by atoms with Gasteiger partial charge in [0.15, 0.2) is 0 Å². The summed E-state index contributed by atoms with van der Waals surface area (Å²) in [5.41, 5.74) is 0.714. The molecular formula is C5H5NO2S2. The van der Waals surface area contributed by atoms with E-state index in [2.05, 4.69) is 17.0 Å². The molecule has 1 aromatic heterocycles. The number of aromatic nitrogens is 1. The highest BCUT2D eigenvalue weighted by molar-refractivity contribution is 7.79. The lowest BCUT2D eigenvalue weighted by molar-refractivity contribution is 0.0702. The summed E-state index contributed by atoms with van der Waals surface area (Å²) in [5, 5.41) is 8.44. The summed E-state index contributed by atoms with van der Waals surface area (Å²) < 4.78 is 3.84. The zero-order valence-corrected chi connectivity index (χ0v) is 6.65. The molecule has 3 nitrogen and oxygen atoms in total. The van der Waals surface area contributed by atoms with Crippen LogP contribution in [0.1, 0.15) is 15.4 Å². The summed E-state index contributed by atoms with van der Waals surface area (Å²) in [4.78, 5) is 10.5. The number of thiol groups is 1. The molecule has 0 atom stereocenters. The van der Waals surface area contributed by atoms with E-state index < -0.39 is 5.97 Å². The van der Waals surface area contributed by atoms with Gasteiger partial charge in [-0.25, -0.2) is 4.79 Å². The molecule has 1 rings (SSSR count). The summed E-state index contributed by atoms with van der Waals surface area (Å²) in [7, 11) is 0. The van der Waals surface area contributed by atoms with Crippen molar-refractivity contribution in [2.75, 3.05) is 0 Å². The third-order valence-electron chi connectivity index (χ3n) is 0.932. The van der Waals surface area contributed by atoms with Crippen LogP contribution in [-0.4, -0.2) is 15.4 Å². The van der Waals surface area contributed by atoms with Gasteiger partial charge in [0.05, 0.1) is 5.69 Å².